The predicted octanol–water partition coefficient (Wildman–Crippen LogP) is 2.80. The lowest BCUT2D eigenvalue weighted by Gasteiger charge is -2.07. The summed E-state index contributed by atoms with van der Waals surface area (Å²) in [6, 6.07) is 5.59. The molecule has 0 amide bonds. The fourth-order valence-corrected chi connectivity index (χ4v) is 1.85. The van der Waals surface area contributed by atoms with Crippen LogP contribution in [0.3, 0.4) is 0 Å². The minimum absolute atomic E-state index is 0.296. The van der Waals surface area contributed by atoms with E-state index in [4.69, 9.17) is 32.9 Å². The van der Waals surface area contributed by atoms with Gasteiger partial charge in [0.15, 0.2) is 5.75 Å². The maximum Gasteiger partial charge on any atom is 0.151 e. The number of benzene rings is 1. The van der Waals surface area contributed by atoms with Gasteiger partial charge in [-0.15, -0.1) is 0 Å². The van der Waals surface area contributed by atoms with E-state index in [9.17, 15) is 0 Å². The average molecular weight is 246 g/mol. The smallest absolute Gasteiger partial charge is 0.151 e. The average Bonchev–Trinajstić information content (AvgIpc) is 2.62. The van der Waals surface area contributed by atoms with Crippen molar-refractivity contribution in [3.63, 3.8) is 0 Å². The van der Waals surface area contributed by atoms with Gasteiger partial charge in [-0.3, -0.25) is 0 Å². The van der Waals surface area contributed by atoms with E-state index < -0.39 is 5.56 Å². The van der Waals surface area contributed by atoms with Crippen LogP contribution < -0.4 is 4.29 Å². The topological polar surface area (TPSA) is 45.2 Å². The monoisotopic (exact) mass is 245 g/mol. The molecule has 0 fully saturated rings. The Labute approximate surface area is 96.7 Å². The molecule has 0 spiro atoms. The highest BCUT2D eigenvalue weighted by Gasteiger charge is 2.10. The number of aliphatic hydroxyl groups is 1. The molecule has 5 heteroatoms. The van der Waals surface area contributed by atoms with E-state index in [1.807, 2.05) is 18.3 Å². The van der Waals surface area contributed by atoms with Gasteiger partial charge in [0.1, 0.15) is 17.4 Å². The number of aromatic amines is 1. The number of rotatable bonds is 3. The van der Waals surface area contributed by atoms with Crippen molar-refractivity contribution < 1.29 is 9.40 Å². The molecule has 0 aliphatic heterocycles. The Hall–Kier alpha value is -0.900. The molecule has 3 nitrogen and oxygen atoms in total. The van der Waals surface area contributed by atoms with E-state index in [-0.39, 0.29) is 0 Å². The van der Waals surface area contributed by atoms with Gasteiger partial charge < -0.3 is 14.4 Å². The molecule has 1 aromatic carbocycles. The van der Waals surface area contributed by atoms with Gasteiger partial charge >= 0.3 is 0 Å². The lowest BCUT2D eigenvalue weighted by Crippen LogP contribution is -2.02. The van der Waals surface area contributed by atoms with Crippen molar-refractivity contribution in [2.45, 2.75) is 12.0 Å². The molecule has 2 aromatic rings. The number of hydrogen-bond donors (Lipinski definition) is 2. The Morgan fingerprint density at radius 3 is 2.93 bits per heavy atom. The van der Waals surface area contributed by atoms with E-state index in [2.05, 4.69) is 4.98 Å². The first-order valence-corrected chi connectivity index (χ1v) is 5.16. The number of hydrogen-bond acceptors (Lipinski definition) is 2. The molecule has 0 radical (unpaired) electrons. The molecule has 1 atom stereocenters. The van der Waals surface area contributed by atoms with Crippen molar-refractivity contribution in [1.82, 2.24) is 4.98 Å². The number of alkyl halides is 1. The van der Waals surface area contributed by atoms with Crippen LogP contribution in [-0.2, 0) is 6.42 Å². The second-order valence-corrected chi connectivity index (χ2v) is 3.90. The molecule has 0 aliphatic rings. The summed E-state index contributed by atoms with van der Waals surface area (Å²) >= 11 is 10.9. The van der Waals surface area contributed by atoms with Gasteiger partial charge in [0.25, 0.3) is 0 Å². The molecule has 1 aromatic heterocycles. The molecule has 80 valence electrons. The van der Waals surface area contributed by atoms with Gasteiger partial charge in [-0.05, 0) is 17.5 Å². The Morgan fingerprint density at radius 1 is 1.47 bits per heavy atom. The molecule has 2 rings (SSSR count). The van der Waals surface area contributed by atoms with Gasteiger partial charge in [-0.1, -0.05) is 11.6 Å². The summed E-state index contributed by atoms with van der Waals surface area (Å²) in [6.45, 7) is 0. The van der Waals surface area contributed by atoms with Gasteiger partial charge in [-0.25, -0.2) is 0 Å². The van der Waals surface area contributed by atoms with Crippen LogP contribution in [0.2, 0.25) is 0 Å². The molecule has 1 unspecified atom stereocenters. The summed E-state index contributed by atoms with van der Waals surface area (Å²) in [6.07, 6.45) is 2.12. The molecule has 15 heavy (non-hydrogen) atoms. The third-order valence-electron chi connectivity index (χ3n) is 2.21. The largest absolute Gasteiger partial charge is 0.385 e. The fraction of sp³-hybridized carbons (Fsp3) is 0.200. The maximum absolute atomic E-state index is 9.11. The molecule has 0 bridgehead atoms. The zero-order chi connectivity index (χ0) is 10.8. The zero-order valence-electron chi connectivity index (χ0n) is 7.71. The quantitative estimate of drug-likeness (QED) is 0.818. The zero-order valence-corrected chi connectivity index (χ0v) is 9.22. The highest BCUT2D eigenvalue weighted by Crippen LogP contribution is 2.27. The van der Waals surface area contributed by atoms with Crippen molar-refractivity contribution in [2.75, 3.05) is 0 Å². The fourth-order valence-electron chi connectivity index (χ4n) is 1.54. The van der Waals surface area contributed by atoms with E-state index in [0.717, 1.165) is 16.5 Å². The second kappa shape index (κ2) is 4.31. The van der Waals surface area contributed by atoms with E-state index in [0.29, 0.717) is 12.2 Å². The Balaban J connectivity index is 2.49. The van der Waals surface area contributed by atoms with Crippen molar-refractivity contribution in [3.8, 4) is 5.75 Å². The van der Waals surface area contributed by atoms with Crippen LogP contribution in [-0.4, -0.2) is 15.7 Å². The molecule has 0 saturated carbocycles. The lowest BCUT2D eigenvalue weighted by molar-refractivity contribution is 0.256. The Kier molecular flexibility index (Phi) is 3.05. The van der Waals surface area contributed by atoms with Crippen molar-refractivity contribution in [2.24, 2.45) is 0 Å². The number of aliphatic hydroxyl groups excluding tert-OH is 1. The van der Waals surface area contributed by atoms with Crippen LogP contribution in [0.4, 0.5) is 0 Å². The van der Waals surface area contributed by atoms with Crippen LogP contribution in [0, 0.1) is 0 Å². The second-order valence-electron chi connectivity index (χ2n) is 3.24. The van der Waals surface area contributed by atoms with Gasteiger partial charge in [0.2, 0.25) is 0 Å². The minimum atomic E-state index is -0.938. The molecule has 0 aliphatic carbocycles. The van der Waals surface area contributed by atoms with Gasteiger partial charge in [0.05, 0.1) is 0 Å². The number of H-pyrrole nitrogens is 1. The van der Waals surface area contributed by atoms with Crippen molar-refractivity contribution in [1.29, 1.82) is 0 Å². The first-order valence-electron chi connectivity index (χ1n) is 4.41. The number of fused-ring (bicyclic) bond motifs is 1. The summed E-state index contributed by atoms with van der Waals surface area (Å²) in [7, 11) is 0. The SMILES string of the molecule is OC(Cl)Cc1cc2cc[nH]c2cc1OCl. The highest BCUT2D eigenvalue weighted by atomic mass is 35.5. The molecular weight excluding hydrogens is 237 g/mol. The summed E-state index contributed by atoms with van der Waals surface area (Å²) in [4.78, 5) is 3.04. The van der Waals surface area contributed by atoms with Crippen LogP contribution in [0.25, 0.3) is 10.9 Å². The van der Waals surface area contributed by atoms with Gasteiger partial charge in [-0.2, -0.15) is 0 Å². The third kappa shape index (κ3) is 2.20. The third-order valence-corrected chi connectivity index (χ3v) is 2.53. The number of aromatic nitrogens is 1. The Bertz CT molecular complexity index is 467. The van der Waals surface area contributed by atoms with Crippen LogP contribution in [0.5, 0.6) is 5.75 Å². The van der Waals surface area contributed by atoms with E-state index >= 15 is 0 Å². The van der Waals surface area contributed by atoms with Crippen LogP contribution in [0.15, 0.2) is 24.4 Å². The van der Waals surface area contributed by atoms with E-state index in [1.165, 1.54) is 0 Å². The normalized spacial score (nSPS) is 13.0. The first-order chi connectivity index (χ1) is 7.20. The number of halogens is 2. The van der Waals surface area contributed by atoms with Gasteiger partial charge in [0, 0.05) is 29.8 Å². The summed E-state index contributed by atoms with van der Waals surface area (Å²) in [5, 5.41) is 10.1. The van der Waals surface area contributed by atoms with Crippen LogP contribution in [0.1, 0.15) is 5.56 Å². The molecule has 1 heterocycles. The molecular formula is C10H9Cl2NO2. The summed E-state index contributed by atoms with van der Waals surface area (Å²) < 4.78 is 4.71. The van der Waals surface area contributed by atoms with Crippen LogP contribution >= 0.6 is 23.5 Å². The summed E-state index contributed by atoms with van der Waals surface area (Å²) in [5.74, 6) is 0.506. The van der Waals surface area contributed by atoms with Crippen molar-refractivity contribution in [3.05, 3.63) is 30.0 Å². The first kappa shape index (κ1) is 10.6. The molecule has 2 N–H and O–H groups in total. The predicted molar refractivity (Wildman–Crippen MR) is 60.3 cm³/mol. The number of nitrogens with one attached hydrogen (secondary N) is 1. The van der Waals surface area contributed by atoms with Crippen molar-refractivity contribution >= 4 is 34.4 Å². The lowest BCUT2D eigenvalue weighted by atomic mass is 10.1. The summed E-state index contributed by atoms with van der Waals surface area (Å²) in [5.41, 5.74) is 0.769. The van der Waals surface area contributed by atoms with E-state index in [1.54, 1.807) is 6.07 Å². The Morgan fingerprint density at radius 2 is 2.27 bits per heavy atom. The maximum atomic E-state index is 9.11. The minimum Gasteiger partial charge on any atom is -0.385 e. The standard InChI is InChI=1S/C10H9Cl2NO2/c11-10(14)4-7-3-6-1-2-13-8(6)5-9(7)15-12/h1-3,5,10,13-14H,4H2. The molecule has 0 saturated heterocycles. The highest BCUT2D eigenvalue weighted by molar-refractivity contribution is 6.19.